The van der Waals surface area contributed by atoms with Gasteiger partial charge in [-0.05, 0) is 24.3 Å². The number of aromatic nitrogens is 4. The van der Waals surface area contributed by atoms with E-state index in [0.717, 1.165) is 0 Å². The standard InChI is InChI=1S/C15H9ClN4O3S/c16-9-3-4-12-17-10(6-13(21)20(12)7-9)8-24-15-19-18-14(23-15)11-2-1-5-22-11/h1-7H,8H2. The van der Waals surface area contributed by atoms with Crippen molar-refractivity contribution in [1.82, 2.24) is 19.6 Å². The Morgan fingerprint density at radius 1 is 1.25 bits per heavy atom. The Morgan fingerprint density at radius 2 is 2.17 bits per heavy atom. The highest BCUT2D eigenvalue weighted by atomic mass is 35.5. The molecule has 4 aromatic rings. The topological polar surface area (TPSA) is 86.4 Å². The molecule has 0 unspecified atom stereocenters. The highest BCUT2D eigenvalue weighted by Crippen LogP contribution is 2.25. The maximum Gasteiger partial charge on any atom is 0.284 e. The van der Waals surface area contributed by atoms with Crippen LogP contribution in [0.5, 0.6) is 0 Å². The van der Waals surface area contributed by atoms with Crippen LogP contribution in [-0.4, -0.2) is 19.6 Å². The average Bonchev–Trinajstić information content (AvgIpc) is 3.25. The van der Waals surface area contributed by atoms with Crippen LogP contribution in [0.15, 0.2) is 61.6 Å². The van der Waals surface area contributed by atoms with Crippen molar-refractivity contribution >= 4 is 29.0 Å². The maximum absolute atomic E-state index is 12.1. The summed E-state index contributed by atoms with van der Waals surface area (Å²) in [6.45, 7) is 0. The van der Waals surface area contributed by atoms with E-state index in [4.69, 9.17) is 20.4 Å². The Hall–Kier alpha value is -2.58. The van der Waals surface area contributed by atoms with Gasteiger partial charge in [0.1, 0.15) is 5.65 Å². The molecule has 4 heterocycles. The van der Waals surface area contributed by atoms with Crippen LogP contribution in [0.3, 0.4) is 0 Å². The average molecular weight is 361 g/mol. The summed E-state index contributed by atoms with van der Waals surface area (Å²) in [5, 5.41) is 8.71. The summed E-state index contributed by atoms with van der Waals surface area (Å²) in [5.74, 6) is 1.24. The van der Waals surface area contributed by atoms with E-state index < -0.39 is 0 Å². The molecule has 0 N–H and O–H groups in total. The fourth-order valence-electron chi connectivity index (χ4n) is 2.10. The lowest BCUT2D eigenvalue weighted by molar-refractivity contribution is 0.447. The molecule has 4 rings (SSSR count). The number of thioether (sulfide) groups is 1. The Bertz CT molecular complexity index is 1060. The fraction of sp³-hybridized carbons (Fsp3) is 0.0667. The Labute approximate surface area is 144 Å². The molecule has 0 saturated carbocycles. The highest BCUT2D eigenvalue weighted by molar-refractivity contribution is 7.98. The molecule has 0 bridgehead atoms. The van der Waals surface area contributed by atoms with Gasteiger partial charge in [-0.1, -0.05) is 23.4 Å². The lowest BCUT2D eigenvalue weighted by atomic mass is 10.4. The monoisotopic (exact) mass is 360 g/mol. The number of hydrogen-bond acceptors (Lipinski definition) is 7. The minimum absolute atomic E-state index is 0.195. The van der Waals surface area contributed by atoms with Crippen LogP contribution < -0.4 is 5.56 Å². The lowest BCUT2D eigenvalue weighted by Gasteiger charge is -2.03. The van der Waals surface area contributed by atoms with Crippen LogP contribution in [-0.2, 0) is 5.75 Å². The summed E-state index contributed by atoms with van der Waals surface area (Å²) in [5.41, 5.74) is 0.953. The fourth-order valence-corrected chi connectivity index (χ4v) is 2.92. The van der Waals surface area contributed by atoms with Crippen LogP contribution in [0.25, 0.3) is 17.3 Å². The van der Waals surface area contributed by atoms with Gasteiger partial charge in [-0.25, -0.2) is 4.98 Å². The lowest BCUT2D eigenvalue weighted by Crippen LogP contribution is -2.15. The van der Waals surface area contributed by atoms with E-state index in [1.807, 2.05) is 0 Å². The third-order valence-electron chi connectivity index (χ3n) is 3.16. The quantitative estimate of drug-likeness (QED) is 0.516. The third-order valence-corrected chi connectivity index (χ3v) is 4.23. The van der Waals surface area contributed by atoms with E-state index in [2.05, 4.69) is 15.2 Å². The molecule has 0 amide bonds. The zero-order valence-corrected chi connectivity index (χ0v) is 13.6. The summed E-state index contributed by atoms with van der Waals surface area (Å²) in [4.78, 5) is 16.5. The van der Waals surface area contributed by atoms with Gasteiger partial charge in [-0.3, -0.25) is 9.20 Å². The molecular weight excluding hydrogens is 352 g/mol. The van der Waals surface area contributed by atoms with Gasteiger partial charge < -0.3 is 8.83 Å². The Kier molecular flexibility index (Phi) is 3.83. The predicted molar refractivity (Wildman–Crippen MR) is 88.0 cm³/mol. The van der Waals surface area contributed by atoms with Crippen molar-refractivity contribution in [3.63, 3.8) is 0 Å². The summed E-state index contributed by atoms with van der Waals surface area (Å²) in [7, 11) is 0. The number of nitrogens with zero attached hydrogens (tertiary/aromatic N) is 4. The van der Waals surface area contributed by atoms with Crippen molar-refractivity contribution in [2.45, 2.75) is 11.0 Å². The van der Waals surface area contributed by atoms with E-state index in [0.29, 0.717) is 39.0 Å². The van der Waals surface area contributed by atoms with Crippen LogP contribution in [0, 0.1) is 0 Å². The molecule has 0 aliphatic rings. The molecule has 0 aliphatic heterocycles. The number of furan rings is 1. The number of halogens is 1. The summed E-state index contributed by atoms with van der Waals surface area (Å²) in [6, 6.07) is 8.32. The van der Waals surface area contributed by atoms with Crippen molar-refractivity contribution in [3.05, 3.63) is 63.9 Å². The molecule has 4 aromatic heterocycles. The van der Waals surface area contributed by atoms with E-state index in [9.17, 15) is 4.79 Å². The van der Waals surface area contributed by atoms with Crippen molar-refractivity contribution in [2.75, 3.05) is 0 Å². The van der Waals surface area contributed by atoms with E-state index >= 15 is 0 Å². The molecular formula is C15H9ClN4O3S. The summed E-state index contributed by atoms with van der Waals surface area (Å²) < 4.78 is 12.1. The molecule has 0 aromatic carbocycles. The smallest absolute Gasteiger partial charge is 0.284 e. The zero-order valence-electron chi connectivity index (χ0n) is 12.0. The second-order valence-corrected chi connectivity index (χ2v) is 6.16. The molecule has 0 spiro atoms. The van der Waals surface area contributed by atoms with Crippen molar-refractivity contribution in [1.29, 1.82) is 0 Å². The van der Waals surface area contributed by atoms with Gasteiger partial charge in [0.05, 0.1) is 17.0 Å². The normalized spacial score (nSPS) is 11.2. The minimum Gasteiger partial charge on any atom is -0.459 e. The number of hydrogen-bond donors (Lipinski definition) is 0. The van der Waals surface area contributed by atoms with E-state index in [-0.39, 0.29) is 5.56 Å². The first-order valence-electron chi connectivity index (χ1n) is 6.87. The van der Waals surface area contributed by atoms with Gasteiger partial charge in [0.15, 0.2) is 5.76 Å². The third kappa shape index (κ3) is 2.93. The van der Waals surface area contributed by atoms with Gasteiger partial charge in [-0.2, -0.15) is 0 Å². The van der Waals surface area contributed by atoms with Gasteiger partial charge in [0, 0.05) is 18.0 Å². The van der Waals surface area contributed by atoms with Gasteiger partial charge >= 0.3 is 0 Å². The predicted octanol–water partition coefficient (Wildman–Crippen LogP) is 3.28. The van der Waals surface area contributed by atoms with Crippen molar-refractivity contribution in [2.24, 2.45) is 0 Å². The highest BCUT2D eigenvalue weighted by Gasteiger charge is 2.12. The molecule has 9 heteroatoms. The Balaban J connectivity index is 1.55. The molecule has 0 aliphatic carbocycles. The number of rotatable bonds is 4. The molecule has 120 valence electrons. The molecule has 0 atom stereocenters. The first-order valence-corrected chi connectivity index (χ1v) is 8.23. The molecule has 7 nitrogen and oxygen atoms in total. The van der Waals surface area contributed by atoms with Gasteiger partial charge in [-0.15, -0.1) is 10.2 Å². The SMILES string of the molecule is O=c1cc(CSc2nnc(-c3ccco3)o2)nc2ccc(Cl)cn12. The number of fused-ring (bicyclic) bond motifs is 1. The molecule has 0 fully saturated rings. The second-order valence-electron chi connectivity index (χ2n) is 4.80. The van der Waals surface area contributed by atoms with Crippen molar-refractivity contribution in [3.8, 4) is 11.7 Å². The molecule has 0 radical (unpaired) electrons. The van der Waals surface area contributed by atoms with E-state index in [1.54, 1.807) is 24.3 Å². The maximum atomic E-state index is 12.1. The van der Waals surface area contributed by atoms with Gasteiger partial charge in [0.25, 0.3) is 16.7 Å². The minimum atomic E-state index is -0.195. The van der Waals surface area contributed by atoms with Gasteiger partial charge in [0.2, 0.25) is 0 Å². The first kappa shape index (κ1) is 15.0. The second kappa shape index (κ2) is 6.14. The molecule has 0 saturated heterocycles. The van der Waals surface area contributed by atoms with Crippen LogP contribution in [0.1, 0.15) is 5.69 Å². The largest absolute Gasteiger partial charge is 0.459 e. The summed E-state index contributed by atoms with van der Waals surface area (Å²) in [6.07, 6.45) is 3.07. The van der Waals surface area contributed by atoms with Crippen LogP contribution in [0.4, 0.5) is 0 Å². The van der Waals surface area contributed by atoms with E-state index in [1.165, 1.54) is 34.7 Å². The molecule has 24 heavy (non-hydrogen) atoms. The summed E-state index contributed by atoms with van der Waals surface area (Å²) >= 11 is 7.18. The van der Waals surface area contributed by atoms with Crippen molar-refractivity contribution < 1.29 is 8.83 Å². The van der Waals surface area contributed by atoms with Crippen LogP contribution in [0.2, 0.25) is 5.02 Å². The Morgan fingerprint density at radius 3 is 3.00 bits per heavy atom. The number of pyridine rings is 1. The first-order chi connectivity index (χ1) is 11.7. The zero-order chi connectivity index (χ0) is 16.5. The van der Waals surface area contributed by atoms with Crippen LogP contribution >= 0.6 is 23.4 Å².